The number of hydrazine groups is 1. The second-order valence-corrected chi connectivity index (χ2v) is 3.83. The van der Waals surface area contributed by atoms with Gasteiger partial charge in [0.15, 0.2) is 5.82 Å². The van der Waals surface area contributed by atoms with Gasteiger partial charge in [0.05, 0.1) is 6.54 Å². The number of carbonyl (C=O) groups is 2. The van der Waals surface area contributed by atoms with Crippen LogP contribution in [0.25, 0.3) is 0 Å². The van der Waals surface area contributed by atoms with E-state index < -0.39 is 0 Å². The molecule has 1 fully saturated rings. The van der Waals surface area contributed by atoms with Crippen LogP contribution in [0, 0.1) is 6.92 Å². The standard InChI is InChI=1S/C10H13N5O2/c1-6-4-7(14-11)13-8(12-6)5-15-9(16)2-3-10(15)17/h4H,2-3,5,11H2,1H3,(H,12,13,14). The maximum Gasteiger partial charge on any atom is 0.230 e. The van der Waals surface area contributed by atoms with E-state index in [0.29, 0.717) is 11.6 Å². The molecule has 90 valence electrons. The van der Waals surface area contributed by atoms with Crippen LogP contribution in [0.4, 0.5) is 5.82 Å². The van der Waals surface area contributed by atoms with Gasteiger partial charge in [-0.3, -0.25) is 14.5 Å². The zero-order valence-corrected chi connectivity index (χ0v) is 9.43. The summed E-state index contributed by atoms with van der Waals surface area (Å²) < 4.78 is 0. The van der Waals surface area contributed by atoms with Crippen LogP contribution in [0.1, 0.15) is 24.4 Å². The van der Waals surface area contributed by atoms with Gasteiger partial charge in [-0.05, 0) is 6.92 Å². The summed E-state index contributed by atoms with van der Waals surface area (Å²) in [6.07, 6.45) is 0.541. The Morgan fingerprint density at radius 2 is 2.00 bits per heavy atom. The highest BCUT2D eigenvalue weighted by Gasteiger charge is 2.29. The van der Waals surface area contributed by atoms with E-state index in [1.165, 1.54) is 4.90 Å². The van der Waals surface area contributed by atoms with Gasteiger partial charge in [0.25, 0.3) is 0 Å². The fourth-order valence-electron chi connectivity index (χ4n) is 1.72. The SMILES string of the molecule is Cc1cc(NN)nc(CN2C(=O)CCC2=O)n1. The predicted molar refractivity (Wildman–Crippen MR) is 59.4 cm³/mol. The Bertz CT molecular complexity index is 458. The summed E-state index contributed by atoms with van der Waals surface area (Å²) in [4.78, 5) is 32.3. The molecule has 0 atom stereocenters. The van der Waals surface area contributed by atoms with Crippen LogP contribution in [0.3, 0.4) is 0 Å². The highest BCUT2D eigenvalue weighted by Crippen LogP contribution is 2.15. The summed E-state index contributed by atoms with van der Waals surface area (Å²) in [5, 5.41) is 0. The van der Waals surface area contributed by atoms with E-state index in [0.717, 1.165) is 5.69 Å². The molecule has 0 radical (unpaired) electrons. The summed E-state index contributed by atoms with van der Waals surface area (Å²) in [6, 6.07) is 1.68. The van der Waals surface area contributed by atoms with Gasteiger partial charge in [-0.25, -0.2) is 15.8 Å². The zero-order valence-electron chi connectivity index (χ0n) is 9.43. The number of nitrogen functional groups attached to an aromatic ring is 1. The van der Waals surface area contributed by atoms with E-state index in [1.54, 1.807) is 13.0 Å². The first-order chi connectivity index (χ1) is 8.10. The second kappa shape index (κ2) is 4.46. The first kappa shape index (κ1) is 11.5. The average Bonchev–Trinajstić information content (AvgIpc) is 2.60. The monoisotopic (exact) mass is 235 g/mol. The number of rotatable bonds is 3. The number of amides is 2. The van der Waals surface area contributed by atoms with Crippen molar-refractivity contribution in [3.05, 3.63) is 17.6 Å². The highest BCUT2D eigenvalue weighted by atomic mass is 16.2. The van der Waals surface area contributed by atoms with Crippen molar-refractivity contribution in [1.82, 2.24) is 14.9 Å². The molecule has 1 saturated heterocycles. The first-order valence-electron chi connectivity index (χ1n) is 5.24. The van der Waals surface area contributed by atoms with Crippen molar-refractivity contribution in [2.24, 2.45) is 5.84 Å². The lowest BCUT2D eigenvalue weighted by atomic mass is 10.4. The van der Waals surface area contributed by atoms with E-state index in [2.05, 4.69) is 15.4 Å². The van der Waals surface area contributed by atoms with Gasteiger partial charge in [0, 0.05) is 24.6 Å². The third-order valence-corrected chi connectivity index (χ3v) is 2.50. The Hall–Kier alpha value is -2.02. The van der Waals surface area contributed by atoms with Gasteiger partial charge in [-0.1, -0.05) is 0 Å². The molecular formula is C10H13N5O2. The van der Waals surface area contributed by atoms with Crippen molar-refractivity contribution in [1.29, 1.82) is 0 Å². The number of nitrogens with zero attached hydrogens (tertiary/aromatic N) is 3. The lowest BCUT2D eigenvalue weighted by Gasteiger charge is -2.13. The van der Waals surface area contributed by atoms with Crippen LogP contribution < -0.4 is 11.3 Å². The number of hydrogen-bond donors (Lipinski definition) is 2. The normalized spacial score (nSPS) is 15.5. The molecule has 0 spiro atoms. The minimum Gasteiger partial charge on any atom is -0.308 e. The third kappa shape index (κ3) is 2.39. The maximum atomic E-state index is 11.4. The first-order valence-corrected chi connectivity index (χ1v) is 5.24. The quantitative estimate of drug-likeness (QED) is 0.424. The molecular weight excluding hydrogens is 222 g/mol. The molecule has 0 aromatic carbocycles. The van der Waals surface area contributed by atoms with Crippen molar-refractivity contribution in [3.8, 4) is 0 Å². The molecule has 7 heteroatoms. The molecule has 1 aliphatic rings. The lowest BCUT2D eigenvalue weighted by Crippen LogP contribution is -2.29. The average molecular weight is 235 g/mol. The van der Waals surface area contributed by atoms with Crippen LogP contribution in [0.5, 0.6) is 0 Å². The number of nitrogens with two attached hydrogens (primary N) is 1. The molecule has 0 saturated carbocycles. The molecule has 2 rings (SSSR count). The Morgan fingerprint density at radius 1 is 1.35 bits per heavy atom. The van der Waals surface area contributed by atoms with E-state index >= 15 is 0 Å². The minimum atomic E-state index is -0.178. The molecule has 3 N–H and O–H groups in total. The number of aryl methyl sites for hydroxylation is 1. The fraction of sp³-hybridized carbons (Fsp3) is 0.400. The molecule has 0 unspecified atom stereocenters. The molecule has 2 amide bonds. The summed E-state index contributed by atoms with van der Waals surface area (Å²) in [5.41, 5.74) is 3.14. The topological polar surface area (TPSA) is 101 Å². The van der Waals surface area contributed by atoms with Crippen molar-refractivity contribution in [2.75, 3.05) is 5.43 Å². The highest BCUT2D eigenvalue weighted by molar-refractivity contribution is 6.01. The molecule has 7 nitrogen and oxygen atoms in total. The van der Waals surface area contributed by atoms with Crippen molar-refractivity contribution in [3.63, 3.8) is 0 Å². The summed E-state index contributed by atoms with van der Waals surface area (Å²) in [6.45, 7) is 1.90. The molecule has 17 heavy (non-hydrogen) atoms. The maximum absolute atomic E-state index is 11.4. The van der Waals surface area contributed by atoms with E-state index in [9.17, 15) is 9.59 Å². The minimum absolute atomic E-state index is 0.105. The summed E-state index contributed by atoms with van der Waals surface area (Å²) in [5.74, 6) is 5.77. The van der Waals surface area contributed by atoms with Crippen molar-refractivity contribution >= 4 is 17.6 Å². The Balaban J connectivity index is 2.20. The van der Waals surface area contributed by atoms with Gasteiger partial charge in [-0.15, -0.1) is 0 Å². The van der Waals surface area contributed by atoms with Crippen LogP contribution in [0.15, 0.2) is 6.07 Å². The largest absolute Gasteiger partial charge is 0.308 e. The van der Waals surface area contributed by atoms with Crippen LogP contribution in [0.2, 0.25) is 0 Å². The van der Waals surface area contributed by atoms with Crippen LogP contribution in [-0.4, -0.2) is 26.7 Å². The van der Waals surface area contributed by atoms with E-state index in [4.69, 9.17) is 5.84 Å². The zero-order chi connectivity index (χ0) is 12.4. The Kier molecular flexibility index (Phi) is 3.01. The van der Waals surface area contributed by atoms with Crippen LogP contribution in [-0.2, 0) is 16.1 Å². The number of nitrogens with one attached hydrogen (secondary N) is 1. The number of carbonyl (C=O) groups excluding carboxylic acids is 2. The molecule has 0 bridgehead atoms. The van der Waals surface area contributed by atoms with Gasteiger partial charge >= 0.3 is 0 Å². The third-order valence-electron chi connectivity index (χ3n) is 2.50. The van der Waals surface area contributed by atoms with Crippen molar-refractivity contribution in [2.45, 2.75) is 26.3 Å². The molecule has 1 aromatic heterocycles. The second-order valence-electron chi connectivity index (χ2n) is 3.83. The number of imide groups is 1. The fourth-order valence-corrected chi connectivity index (χ4v) is 1.72. The van der Waals surface area contributed by atoms with Gasteiger partial charge < -0.3 is 5.43 Å². The predicted octanol–water partition coefficient (Wildman–Crippen LogP) is -0.280. The molecule has 0 aliphatic carbocycles. The Morgan fingerprint density at radius 3 is 2.59 bits per heavy atom. The molecule has 1 aliphatic heterocycles. The molecule has 1 aromatic rings. The summed E-state index contributed by atoms with van der Waals surface area (Å²) in [7, 11) is 0. The van der Waals surface area contributed by atoms with Gasteiger partial charge in [-0.2, -0.15) is 0 Å². The smallest absolute Gasteiger partial charge is 0.230 e. The van der Waals surface area contributed by atoms with Crippen LogP contribution >= 0.6 is 0 Å². The summed E-state index contributed by atoms with van der Waals surface area (Å²) >= 11 is 0. The lowest BCUT2D eigenvalue weighted by molar-refractivity contribution is -0.139. The van der Waals surface area contributed by atoms with Gasteiger partial charge in [0.1, 0.15) is 5.82 Å². The number of aromatic nitrogens is 2. The van der Waals surface area contributed by atoms with E-state index in [1.807, 2.05) is 0 Å². The van der Waals surface area contributed by atoms with Gasteiger partial charge in [0.2, 0.25) is 11.8 Å². The molecule has 2 heterocycles. The number of hydrogen-bond acceptors (Lipinski definition) is 6. The Labute approximate surface area is 98.0 Å². The van der Waals surface area contributed by atoms with Crippen molar-refractivity contribution < 1.29 is 9.59 Å². The number of anilines is 1. The van der Waals surface area contributed by atoms with E-state index in [-0.39, 0.29) is 31.2 Å². The number of likely N-dealkylation sites (tertiary alicyclic amines) is 1.